The molecule has 0 unspecified atom stereocenters. The van der Waals surface area contributed by atoms with Gasteiger partial charge >= 0.3 is 0 Å². The van der Waals surface area contributed by atoms with E-state index >= 15 is 0 Å². The van der Waals surface area contributed by atoms with Crippen molar-refractivity contribution in [3.63, 3.8) is 0 Å². The minimum absolute atomic E-state index is 0.571. The molecule has 2 aromatic carbocycles. The Morgan fingerprint density at radius 2 is 1.76 bits per heavy atom. The van der Waals surface area contributed by atoms with Gasteiger partial charge in [0, 0.05) is 16.5 Å². The quantitative estimate of drug-likeness (QED) is 0.589. The van der Waals surface area contributed by atoms with E-state index in [1.807, 2.05) is 12.1 Å². The average Bonchev–Trinajstić information content (AvgIpc) is 3.15. The number of hydrogen-bond donors (Lipinski definition) is 2. The fourth-order valence-electron chi connectivity index (χ4n) is 2.60. The predicted molar refractivity (Wildman–Crippen MR) is 81.6 cm³/mol. The fourth-order valence-corrected chi connectivity index (χ4v) is 2.60. The lowest BCUT2D eigenvalue weighted by Crippen LogP contribution is -1.85. The van der Waals surface area contributed by atoms with Gasteiger partial charge in [-0.25, -0.2) is 0 Å². The van der Waals surface area contributed by atoms with Crippen LogP contribution in [0.3, 0.4) is 0 Å². The summed E-state index contributed by atoms with van der Waals surface area (Å²) >= 11 is 0. The molecule has 102 valence electrons. The Kier molecular flexibility index (Phi) is 2.57. The zero-order valence-corrected chi connectivity index (χ0v) is 11.5. The first-order valence-corrected chi connectivity index (χ1v) is 6.74. The van der Waals surface area contributed by atoms with Gasteiger partial charge in [0.2, 0.25) is 5.82 Å². The van der Waals surface area contributed by atoms with Crippen molar-refractivity contribution in [3.05, 3.63) is 54.1 Å². The number of benzene rings is 2. The second kappa shape index (κ2) is 4.56. The Labute approximate surface area is 121 Å². The molecule has 2 heterocycles. The van der Waals surface area contributed by atoms with Crippen molar-refractivity contribution < 1.29 is 0 Å². The summed E-state index contributed by atoms with van der Waals surface area (Å²) in [4.78, 5) is 3.39. The molecule has 0 aliphatic rings. The summed E-state index contributed by atoms with van der Waals surface area (Å²) in [7, 11) is 0. The van der Waals surface area contributed by atoms with E-state index < -0.39 is 0 Å². The third kappa shape index (κ3) is 1.90. The lowest BCUT2D eigenvalue weighted by atomic mass is 10.0. The Balaban J connectivity index is 2.05. The van der Waals surface area contributed by atoms with Crippen LogP contribution in [0.1, 0.15) is 5.56 Å². The van der Waals surface area contributed by atoms with Crippen LogP contribution in [0, 0.1) is 6.92 Å². The molecule has 0 saturated carbocycles. The van der Waals surface area contributed by atoms with Crippen LogP contribution in [-0.4, -0.2) is 25.6 Å². The van der Waals surface area contributed by atoms with Gasteiger partial charge in [-0.2, -0.15) is 5.21 Å². The molecule has 0 bridgehead atoms. The first-order chi connectivity index (χ1) is 10.3. The van der Waals surface area contributed by atoms with E-state index in [0.717, 1.165) is 27.7 Å². The number of fused-ring (bicyclic) bond motifs is 1. The lowest BCUT2D eigenvalue weighted by molar-refractivity contribution is 0.881. The van der Waals surface area contributed by atoms with Crippen LogP contribution in [0.5, 0.6) is 0 Å². The van der Waals surface area contributed by atoms with Crippen molar-refractivity contribution in [3.8, 4) is 22.6 Å². The molecule has 0 atom stereocenters. The average molecular weight is 275 g/mol. The van der Waals surface area contributed by atoms with Gasteiger partial charge in [-0.05, 0) is 23.8 Å². The highest BCUT2D eigenvalue weighted by Crippen LogP contribution is 2.36. The van der Waals surface area contributed by atoms with Crippen LogP contribution in [-0.2, 0) is 0 Å². The molecule has 5 heteroatoms. The first kappa shape index (κ1) is 11.8. The summed E-state index contributed by atoms with van der Waals surface area (Å²) in [6.45, 7) is 2.08. The van der Waals surface area contributed by atoms with Crippen LogP contribution in [0.15, 0.2) is 48.5 Å². The number of para-hydroxylation sites is 1. The first-order valence-electron chi connectivity index (χ1n) is 6.74. The second-order valence-corrected chi connectivity index (χ2v) is 5.02. The van der Waals surface area contributed by atoms with Crippen LogP contribution in [0.25, 0.3) is 33.5 Å². The van der Waals surface area contributed by atoms with E-state index in [4.69, 9.17) is 0 Å². The molecule has 2 N–H and O–H groups in total. The maximum Gasteiger partial charge on any atom is 0.221 e. The molecule has 0 aliphatic heterocycles. The van der Waals surface area contributed by atoms with Crippen molar-refractivity contribution in [1.29, 1.82) is 0 Å². The highest BCUT2D eigenvalue weighted by molar-refractivity contribution is 6.02. The fraction of sp³-hybridized carbons (Fsp3) is 0.0625. The molecule has 4 rings (SSSR count). The number of H-pyrrole nitrogens is 2. The van der Waals surface area contributed by atoms with Crippen molar-refractivity contribution in [2.75, 3.05) is 0 Å². The number of aromatic amines is 2. The molecule has 0 amide bonds. The number of nitrogens with zero attached hydrogens (tertiary/aromatic N) is 3. The summed E-state index contributed by atoms with van der Waals surface area (Å²) in [5.41, 5.74) is 5.42. The highest BCUT2D eigenvalue weighted by Gasteiger charge is 2.17. The van der Waals surface area contributed by atoms with Crippen molar-refractivity contribution >= 4 is 10.9 Å². The zero-order chi connectivity index (χ0) is 14.2. The SMILES string of the molecule is Cc1ccc(-c2c(-c3nn[nH]n3)[nH]c3ccccc23)cc1. The van der Waals surface area contributed by atoms with Crippen LogP contribution >= 0.6 is 0 Å². The van der Waals surface area contributed by atoms with Gasteiger partial charge in [-0.15, -0.1) is 10.2 Å². The number of aryl methyl sites for hydroxylation is 1. The van der Waals surface area contributed by atoms with Gasteiger partial charge in [0.25, 0.3) is 0 Å². The van der Waals surface area contributed by atoms with Gasteiger partial charge in [-0.1, -0.05) is 48.0 Å². The van der Waals surface area contributed by atoms with Gasteiger partial charge in [-0.3, -0.25) is 0 Å². The van der Waals surface area contributed by atoms with Crippen LogP contribution in [0.4, 0.5) is 0 Å². The number of aromatic nitrogens is 5. The Morgan fingerprint density at radius 1 is 0.952 bits per heavy atom. The number of nitrogens with one attached hydrogen (secondary N) is 2. The molecule has 0 saturated heterocycles. The smallest absolute Gasteiger partial charge is 0.221 e. The molecule has 0 fully saturated rings. The number of hydrogen-bond acceptors (Lipinski definition) is 3. The van der Waals surface area contributed by atoms with Crippen molar-refractivity contribution in [2.45, 2.75) is 6.92 Å². The normalized spacial score (nSPS) is 11.1. The van der Waals surface area contributed by atoms with E-state index in [1.54, 1.807) is 0 Å². The largest absolute Gasteiger partial charge is 0.351 e. The van der Waals surface area contributed by atoms with Gasteiger partial charge in [0.15, 0.2) is 0 Å². The summed E-state index contributed by atoms with van der Waals surface area (Å²) < 4.78 is 0. The molecule has 4 aromatic rings. The Morgan fingerprint density at radius 3 is 2.52 bits per heavy atom. The monoisotopic (exact) mass is 275 g/mol. The third-order valence-electron chi connectivity index (χ3n) is 3.62. The predicted octanol–water partition coefficient (Wildman–Crippen LogP) is 3.32. The molecule has 5 nitrogen and oxygen atoms in total. The van der Waals surface area contributed by atoms with Crippen molar-refractivity contribution in [1.82, 2.24) is 25.6 Å². The molecular weight excluding hydrogens is 262 g/mol. The van der Waals surface area contributed by atoms with E-state index in [-0.39, 0.29) is 0 Å². The molecule has 0 aliphatic carbocycles. The van der Waals surface area contributed by atoms with Crippen LogP contribution < -0.4 is 0 Å². The van der Waals surface area contributed by atoms with Gasteiger partial charge < -0.3 is 4.98 Å². The maximum absolute atomic E-state index is 4.11. The van der Waals surface area contributed by atoms with Crippen LogP contribution in [0.2, 0.25) is 0 Å². The summed E-state index contributed by atoms with van der Waals surface area (Å²) in [6.07, 6.45) is 0. The minimum atomic E-state index is 0.571. The molecule has 0 radical (unpaired) electrons. The van der Waals surface area contributed by atoms with E-state index in [9.17, 15) is 0 Å². The Bertz CT molecular complexity index is 888. The topological polar surface area (TPSA) is 70.2 Å². The zero-order valence-electron chi connectivity index (χ0n) is 11.5. The third-order valence-corrected chi connectivity index (χ3v) is 3.62. The minimum Gasteiger partial charge on any atom is -0.351 e. The summed E-state index contributed by atoms with van der Waals surface area (Å²) in [5.74, 6) is 0.571. The summed E-state index contributed by atoms with van der Waals surface area (Å²) in [5, 5.41) is 15.5. The lowest BCUT2D eigenvalue weighted by Gasteiger charge is -2.03. The van der Waals surface area contributed by atoms with Crippen molar-refractivity contribution in [2.24, 2.45) is 0 Å². The van der Waals surface area contributed by atoms with E-state index in [2.05, 4.69) is 68.9 Å². The molecule has 0 spiro atoms. The number of rotatable bonds is 2. The number of tetrazole rings is 1. The Hall–Kier alpha value is -2.95. The maximum atomic E-state index is 4.11. The standard InChI is InChI=1S/C16H13N5/c1-10-6-8-11(9-7-10)14-12-4-2-3-5-13(12)17-15(14)16-18-20-21-19-16/h2-9,17H,1H3,(H,18,19,20,21). The van der Waals surface area contributed by atoms with E-state index in [1.165, 1.54) is 5.56 Å². The molecule has 21 heavy (non-hydrogen) atoms. The molecule has 2 aromatic heterocycles. The van der Waals surface area contributed by atoms with Gasteiger partial charge in [0.05, 0.1) is 5.69 Å². The van der Waals surface area contributed by atoms with Gasteiger partial charge in [0.1, 0.15) is 0 Å². The second-order valence-electron chi connectivity index (χ2n) is 5.02. The highest BCUT2D eigenvalue weighted by atomic mass is 15.5. The summed E-state index contributed by atoms with van der Waals surface area (Å²) in [6, 6.07) is 16.7. The van der Waals surface area contributed by atoms with E-state index in [0.29, 0.717) is 5.82 Å². The molecular formula is C16H13N5.